The molecule has 2 fully saturated rings. The van der Waals surface area contributed by atoms with E-state index in [0.29, 0.717) is 53.8 Å². The van der Waals surface area contributed by atoms with Gasteiger partial charge in [0, 0.05) is 29.9 Å². The molecule has 0 bridgehead atoms. The Kier molecular flexibility index (Phi) is 6.14. The number of nitrogens with zero attached hydrogens (tertiary/aromatic N) is 2. The minimum Gasteiger partial charge on any atom is -0.393 e. The largest absolute Gasteiger partial charge is 0.393 e. The van der Waals surface area contributed by atoms with Crippen molar-refractivity contribution in [1.82, 2.24) is 4.57 Å². The zero-order valence-corrected chi connectivity index (χ0v) is 20.2. The quantitative estimate of drug-likeness (QED) is 0.497. The highest BCUT2D eigenvalue weighted by molar-refractivity contribution is 6.47. The molecule has 0 atom stereocenters. The third-order valence-corrected chi connectivity index (χ3v) is 7.48. The van der Waals surface area contributed by atoms with Crippen LogP contribution in [0.25, 0.3) is 0 Å². The fraction of sp³-hybridized carbons (Fsp3) is 0.500. The highest BCUT2D eigenvalue weighted by atomic mass is 19.1. The molecule has 0 unspecified atom stereocenters. The Hall–Kier alpha value is -3.00. The van der Waals surface area contributed by atoms with Gasteiger partial charge in [-0.15, -0.1) is 0 Å². The van der Waals surface area contributed by atoms with Crippen LogP contribution in [0.2, 0.25) is 0 Å². The SMILES string of the molecule is Cc1cc(N(C(=O)C(=O)c2c(C)c(C(N)=O)c(C3CC3)n2C)C2(C)CCC(O)CC2)ccc1F. The molecule has 8 heteroatoms. The number of aliphatic hydroxyl groups excluding tert-OH is 1. The first-order chi connectivity index (χ1) is 16.0. The Morgan fingerprint density at radius 1 is 1.15 bits per heavy atom. The van der Waals surface area contributed by atoms with Crippen LogP contribution in [0.5, 0.6) is 0 Å². The van der Waals surface area contributed by atoms with E-state index in [1.165, 1.54) is 17.0 Å². The number of hydrogen-bond acceptors (Lipinski definition) is 4. The lowest BCUT2D eigenvalue weighted by atomic mass is 9.79. The number of halogens is 1. The molecule has 34 heavy (non-hydrogen) atoms. The number of aromatic nitrogens is 1. The molecule has 0 spiro atoms. The predicted octanol–water partition coefficient (Wildman–Crippen LogP) is 3.67. The van der Waals surface area contributed by atoms with Gasteiger partial charge < -0.3 is 15.4 Å². The summed E-state index contributed by atoms with van der Waals surface area (Å²) in [5, 5.41) is 10.0. The summed E-state index contributed by atoms with van der Waals surface area (Å²) in [7, 11) is 1.69. The lowest BCUT2D eigenvalue weighted by molar-refractivity contribution is -0.116. The molecule has 2 aliphatic carbocycles. The first-order valence-corrected chi connectivity index (χ1v) is 11.8. The number of anilines is 1. The topological polar surface area (TPSA) is 106 Å². The van der Waals surface area contributed by atoms with Crippen LogP contribution in [0.3, 0.4) is 0 Å². The van der Waals surface area contributed by atoms with Gasteiger partial charge >= 0.3 is 5.91 Å². The molecule has 1 heterocycles. The third kappa shape index (κ3) is 4.04. The molecular formula is C26H32FN3O4. The highest BCUT2D eigenvalue weighted by Gasteiger charge is 2.44. The number of rotatable bonds is 6. The van der Waals surface area contributed by atoms with Gasteiger partial charge in [-0.05, 0) is 88.6 Å². The van der Waals surface area contributed by atoms with Crippen molar-refractivity contribution < 1.29 is 23.9 Å². The van der Waals surface area contributed by atoms with Crippen molar-refractivity contribution >= 4 is 23.3 Å². The monoisotopic (exact) mass is 469 g/mol. The van der Waals surface area contributed by atoms with E-state index in [-0.39, 0.29) is 11.6 Å². The first kappa shape index (κ1) is 24.1. The second-order valence-electron chi connectivity index (χ2n) is 10.1. The minimum absolute atomic E-state index is 0.149. The minimum atomic E-state index is -0.744. The average Bonchev–Trinajstić information content (AvgIpc) is 3.57. The molecule has 1 aromatic carbocycles. The Balaban J connectivity index is 1.81. The summed E-state index contributed by atoms with van der Waals surface area (Å²) >= 11 is 0. The molecule has 2 saturated carbocycles. The molecule has 1 aromatic heterocycles. The van der Waals surface area contributed by atoms with Crippen LogP contribution < -0.4 is 10.6 Å². The fourth-order valence-corrected chi connectivity index (χ4v) is 5.41. The summed E-state index contributed by atoms with van der Waals surface area (Å²) in [5.74, 6) is -2.34. The second-order valence-corrected chi connectivity index (χ2v) is 10.1. The van der Waals surface area contributed by atoms with Gasteiger partial charge in [-0.1, -0.05) is 0 Å². The summed E-state index contributed by atoms with van der Waals surface area (Å²) in [5.41, 5.74) is 7.31. The van der Waals surface area contributed by atoms with E-state index in [9.17, 15) is 23.9 Å². The van der Waals surface area contributed by atoms with Crippen LogP contribution >= 0.6 is 0 Å². The normalized spacial score (nSPS) is 22.5. The number of amides is 2. The summed E-state index contributed by atoms with van der Waals surface area (Å²) in [6.45, 7) is 5.15. The number of aliphatic hydroxyl groups is 1. The molecule has 7 nitrogen and oxygen atoms in total. The third-order valence-electron chi connectivity index (χ3n) is 7.48. The summed E-state index contributed by atoms with van der Waals surface area (Å²) in [6.07, 6.45) is 3.34. The predicted molar refractivity (Wildman–Crippen MR) is 126 cm³/mol. The summed E-state index contributed by atoms with van der Waals surface area (Å²) in [4.78, 5) is 41.3. The first-order valence-electron chi connectivity index (χ1n) is 11.8. The van der Waals surface area contributed by atoms with Gasteiger partial charge in [-0.25, -0.2) is 4.39 Å². The maximum absolute atomic E-state index is 14.0. The number of primary amides is 1. The van der Waals surface area contributed by atoms with Gasteiger partial charge in [-0.3, -0.25) is 19.3 Å². The van der Waals surface area contributed by atoms with Crippen molar-refractivity contribution in [2.75, 3.05) is 4.90 Å². The molecule has 182 valence electrons. The lowest BCUT2D eigenvalue weighted by Gasteiger charge is -2.44. The van der Waals surface area contributed by atoms with Gasteiger partial charge in [0.15, 0.2) is 0 Å². The number of nitrogens with two attached hydrogens (primary N) is 1. The smallest absolute Gasteiger partial charge is 0.301 e. The van der Waals surface area contributed by atoms with Crippen LogP contribution in [-0.2, 0) is 11.8 Å². The molecule has 2 aliphatic rings. The Labute approximate surface area is 198 Å². The number of carbonyl (C=O) groups excluding carboxylic acids is 3. The fourth-order valence-electron chi connectivity index (χ4n) is 5.41. The number of hydrogen-bond donors (Lipinski definition) is 2. The summed E-state index contributed by atoms with van der Waals surface area (Å²) < 4.78 is 15.7. The van der Waals surface area contributed by atoms with Gasteiger partial charge in [0.05, 0.1) is 17.4 Å². The molecule has 0 aliphatic heterocycles. The maximum atomic E-state index is 14.0. The number of aryl methyl sites for hydroxylation is 1. The maximum Gasteiger partial charge on any atom is 0.301 e. The van der Waals surface area contributed by atoms with Crippen LogP contribution in [0.4, 0.5) is 10.1 Å². The number of benzene rings is 1. The van der Waals surface area contributed by atoms with Gasteiger partial charge in [0.1, 0.15) is 5.82 Å². The standard InChI is InChI=1S/C26H32FN3O4/c1-14-13-17(7-8-19(14)27)30(26(3)11-9-18(31)10-12-26)25(34)23(32)21-15(2)20(24(28)33)22(29(21)4)16-5-6-16/h7-8,13,16,18,31H,5-6,9-12H2,1-4H3,(H2,28,33). The highest BCUT2D eigenvalue weighted by Crippen LogP contribution is 2.44. The number of Topliss-reactive ketones (excluding diaryl/α,β-unsaturated/α-hetero) is 1. The van der Waals surface area contributed by atoms with Crippen molar-refractivity contribution in [1.29, 1.82) is 0 Å². The van der Waals surface area contributed by atoms with Crippen molar-refractivity contribution in [2.45, 2.75) is 76.9 Å². The molecule has 2 aromatic rings. The van der Waals surface area contributed by atoms with Crippen LogP contribution in [0.1, 0.15) is 89.0 Å². The molecule has 4 rings (SSSR count). The van der Waals surface area contributed by atoms with Crippen LogP contribution in [-0.4, -0.2) is 38.9 Å². The van der Waals surface area contributed by atoms with E-state index < -0.39 is 35.1 Å². The lowest BCUT2D eigenvalue weighted by Crippen LogP contribution is -2.55. The van der Waals surface area contributed by atoms with Crippen molar-refractivity contribution in [2.24, 2.45) is 12.8 Å². The van der Waals surface area contributed by atoms with E-state index in [4.69, 9.17) is 5.73 Å². The van der Waals surface area contributed by atoms with Gasteiger partial charge in [-0.2, -0.15) is 0 Å². The van der Waals surface area contributed by atoms with Crippen LogP contribution in [0.15, 0.2) is 18.2 Å². The zero-order valence-electron chi connectivity index (χ0n) is 20.2. The van der Waals surface area contributed by atoms with Crippen LogP contribution in [0, 0.1) is 19.7 Å². The van der Waals surface area contributed by atoms with Crippen molar-refractivity contribution in [3.8, 4) is 0 Å². The average molecular weight is 470 g/mol. The van der Waals surface area contributed by atoms with Gasteiger partial charge in [0.2, 0.25) is 0 Å². The molecule has 0 radical (unpaired) electrons. The Morgan fingerprint density at radius 3 is 2.29 bits per heavy atom. The van der Waals surface area contributed by atoms with E-state index in [0.717, 1.165) is 12.8 Å². The van der Waals surface area contributed by atoms with Crippen molar-refractivity contribution in [3.05, 3.63) is 52.1 Å². The molecular weight excluding hydrogens is 437 g/mol. The van der Waals surface area contributed by atoms with E-state index in [1.54, 1.807) is 31.5 Å². The number of carbonyl (C=O) groups is 3. The number of ketones is 1. The Morgan fingerprint density at radius 2 is 1.76 bits per heavy atom. The van der Waals surface area contributed by atoms with E-state index >= 15 is 0 Å². The van der Waals surface area contributed by atoms with E-state index in [1.807, 2.05) is 6.92 Å². The zero-order chi connectivity index (χ0) is 24.9. The Bertz CT molecular complexity index is 1170. The molecule has 3 N–H and O–H groups in total. The van der Waals surface area contributed by atoms with Gasteiger partial charge in [0.25, 0.3) is 11.7 Å². The van der Waals surface area contributed by atoms with E-state index in [2.05, 4.69) is 0 Å². The summed E-state index contributed by atoms with van der Waals surface area (Å²) in [6, 6.07) is 4.37. The molecule has 2 amide bonds. The molecule has 0 saturated heterocycles. The second kappa shape index (κ2) is 8.65. The van der Waals surface area contributed by atoms with Crippen molar-refractivity contribution in [3.63, 3.8) is 0 Å².